The largest absolute Gasteiger partial charge is 0.508 e. The second-order valence-electron chi connectivity index (χ2n) is 20.6. The summed E-state index contributed by atoms with van der Waals surface area (Å²) in [5.41, 5.74) is 12.3. The van der Waals surface area contributed by atoms with Crippen LogP contribution in [0.5, 0.6) is 23.0 Å². The van der Waals surface area contributed by atoms with Crippen molar-refractivity contribution in [3.05, 3.63) is 115 Å². The molecule has 4 nitrogen and oxygen atoms in total. The summed E-state index contributed by atoms with van der Waals surface area (Å²) in [6.45, 7) is 38.3. The number of hydrogen-bond donors (Lipinski definition) is 4. The van der Waals surface area contributed by atoms with Crippen molar-refractivity contribution in [3.8, 4) is 23.0 Å². The standard InChI is InChI=1S/2C26H38O2/c1-10-11-18(19-14-21(25(4,5)6)23(27)12-16(19)2)20-15-22(26(7,8)9)24(28)13-17(20)3;1-10-11-18(19-12-16(2)14-21(23(19)27)25(4,5)6)20-13-17(3)15-22(24(20)28)26(7,8)9/h2*12-15,18,27-28H,10-11H2,1-9H3. The average Bonchev–Trinajstić information content (AvgIpc) is 3.03. The van der Waals surface area contributed by atoms with Gasteiger partial charge in [0.25, 0.3) is 0 Å². The van der Waals surface area contributed by atoms with Crippen molar-refractivity contribution < 1.29 is 20.4 Å². The van der Waals surface area contributed by atoms with Gasteiger partial charge < -0.3 is 20.4 Å². The number of phenolic OH excluding ortho intramolecular Hbond substituents is 4. The number of hydrogen-bond acceptors (Lipinski definition) is 4. The lowest BCUT2D eigenvalue weighted by Gasteiger charge is -2.29. The minimum absolute atomic E-state index is 0.0352. The van der Waals surface area contributed by atoms with E-state index in [0.717, 1.165) is 81.3 Å². The Morgan fingerprint density at radius 3 is 0.946 bits per heavy atom. The number of aromatic hydroxyl groups is 4. The van der Waals surface area contributed by atoms with Gasteiger partial charge in [-0.15, -0.1) is 0 Å². The van der Waals surface area contributed by atoms with Crippen molar-refractivity contribution in [2.24, 2.45) is 0 Å². The van der Waals surface area contributed by atoms with Crippen LogP contribution in [-0.2, 0) is 21.7 Å². The number of benzene rings is 4. The first-order valence-corrected chi connectivity index (χ1v) is 20.9. The molecule has 0 atom stereocenters. The van der Waals surface area contributed by atoms with Crippen LogP contribution in [0.2, 0.25) is 0 Å². The third kappa shape index (κ3) is 10.7. The first-order valence-electron chi connectivity index (χ1n) is 20.9. The van der Waals surface area contributed by atoms with Crippen LogP contribution in [0.1, 0.15) is 201 Å². The summed E-state index contributed by atoms with van der Waals surface area (Å²) >= 11 is 0. The molecule has 0 bridgehead atoms. The van der Waals surface area contributed by atoms with Crippen molar-refractivity contribution >= 4 is 0 Å². The normalized spacial score (nSPS) is 12.6. The molecular formula is C52H76O4. The van der Waals surface area contributed by atoms with E-state index < -0.39 is 0 Å². The molecule has 0 aliphatic heterocycles. The van der Waals surface area contributed by atoms with Crippen LogP contribution >= 0.6 is 0 Å². The molecule has 4 aromatic carbocycles. The highest BCUT2D eigenvalue weighted by atomic mass is 16.3. The van der Waals surface area contributed by atoms with E-state index in [2.05, 4.69) is 161 Å². The van der Waals surface area contributed by atoms with Gasteiger partial charge in [0.05, 0.1) is 0 Å². The minimum atomic E-state index is -0.146. The third-order valence-electron chi connectivity index (χ3n) is 11.2. The van der Waals surface area contributed by atoms with Crippen LogP contribution in [0.4, 0.5) is 0 Å². The first kappa shape index (κ1) is 46.5. The Morgan fingerprint density at radius 1 is 0.393 bits per heavy atom. The molecule has 0 amide bonds. The smallest absolute Gasteiger partial charge is 0.123 e. The van der Waals surface area contributed by atoms with Gasteiger partial charge in [0, 0.05) is 23.0 Å². The highest BCUT2D eigenvalue weighted by Gasteiger charge is 2.30. The van der Waals surface area contributed by atoms with Gasteiger partial charge in [-0.2, -0.15) is 0 Å². The van der Waals surface area contributed by atoms with Crippen LogP contribution in [0.15, 0.2) is 48.5 Å². The fourth-order valence-corrected chi connectivity index (χ4v) is 8.19. The Morgan fingerprint density at radius 2 is 0.679 bits per heavy atom. The molecule has 0 spiro atoms. The van der Waals surface area contributed by atoms with Gasteiger partial charge in [-0.25, -0.2) is 0 Å². The second-order valence-corrected chi connectivity index (χ2v) is 20.6. The highest BCUT2D eigenvalue weighted by molar-refractivity contribution is 5.56. The predicted molar refractivity (Wildman–Crippen MR) is 240 cm³/mol. The van der Waals surface area contributed by atoms with E-state index in [1.807, 2.05) is 12.1 Å². The molecule has 0 saturated carbocycles. The quantitative estimate of drug-likeness (QED) is 0.144. The summed E-state index contributed by atoms with van der Waals surface area (Å²) in [5, 5.41) is 43.5. The van der Waals surface area contributed by atoms with E-state index in [1.54, 1.807) is 0 Å². The van der Waals surface area contributed by atoms with Gasteiger partial charge in [-0.1, -0.05) is 157 Å². The number of aryl methyl sites for hydroxylation is 4. The van der Waals surface area contributed by atoms with Gasteiger partial charge >= 0.3 is 0 Å². The molecule has 0 unspecified atom stereocenters. The maximum atomic E-state index is 11.2. The van der Waals surface area contributed by atoms with Crippen LogP contribution in [0, 0.1) is 27.7 Å². The first-order chi connectivity index (χ1) is 25.5. The SMILES string of the molecule is CCCC(c1cc(C(C)(C)C)c(O)cc1C)c1cc(C(C)(C)C)c(O)cc1C.CCCC(c1cc(C)cc(C(C)(C)C)c1O)c1cc(C)cc(C(C)(C)C)c1O. The molecule has 0 heterocycles. The lowest BCUT2D eigenvalue weighted by molar-refractivity contribution is 0.424. The Hall–Kier alpha value is -3.92. The van der Waals surface area contributed by atoms with E-state index in [4.69, 9.17) is 0 Å². The number of phenols is 4. The van der Waals surface area contributed by atoms with E-state index in [0.29, 0.717) is 23.0 Å². The maximum Gasteiger partial charge on any atom is 0.123 e. The van der Waals surface area contributed by atoms with Gasteiger partial charge in [-0.3, -0.25) is 0 Å². The summed E-state index contributed by atoms with van der Waals surface area (Å²) in [5.74, 6) is 1.70. The molecule has 4 N–H and O–H groups in total. The highest BCUT2D eigenvalue weighted by Crippen LogP contribution is 2.47. The van der Waals surface area contributed by atoms with Crippen LogP contribution in [0.3, 0.4) is 0 Å². The molecule has 4 rings (SSSR count). The van der Waals surface area contributed by atoms with Crippen LogP contribution in [0.25, 0.3) is 0 Å². The Bertz CT molecular complexity index is 1850. The minimum Gasteiger partial charge on any atom is -0.508 e. The maximum absolute atomic E-state index is 11.2. The molecule has 4 aromatic rings. The molecule has 0 fully saturated rings. The topological polar surface area (TPSA) is 80.9 Å². The van der Waals surface area contributed by atoms with Crippen molar-refractivity contribution in [3.63, 3.8) is 0 Å². The van der Waals surface area contributed by atoms with Crippen molar-refractivity contribution in [2.75, 3.05) is 0 Å². The number of rotatable bonds is 8. The molecule has 0 aliphatic rings. The van der Waals surface area contributed by atoms with E-state index in [1.165, 1.54) is 11.1 Å². The van der Waals surface area contributed by atoms with Gasteiger partial charge in [0.1, 0.15) is 23.0 Å². The van der Waals surface area contributed by atoms with Gasteiger partial charge in [0.2, 0.25) is 0 Å². The molecule has 4 heteroatoms. The average molecular weight is 765 g/mol. The zero-order valence-corrected chi connectivity index (χ0v) is 38.4. The Kier molecular flexibility index (Phi) is 14.3. The van der Waals surface area contributed by atoms with Crippen molar-refractivity contribution in [1.29, 1.82) is 0 Å². The molecular weight excluding hydrogens is 689 g/mol. The lowest BCUT2D eigenvalue weighted by Crippen LogP contribution is -2.16. The summed E-state index contributed by atoms with van der Waals surface area (Å²) in [6.07, 6.45) is 3.95. The van der Waals surface area contributed by atoms with E-state index in [-0.39, 0.29) is 33.5 Å². The Labute approximate surface area is 341 Å². The molecule has 0 radical (unpaired) electrons. The fourth-order valence-electron chi connectivity index (χ4n) is 8.19. The van der Waals surface area contributed by atoms with Gasteiger partial charge in [-0.05, 0) is 119 Å². The second kappa shape index (κ2) is 17.3. The lowest BCUT2D eigenvalue weighted by atomic mass is 9.76. The molecule has 0 aliphatic carbocycles. The third-order valence-corrected chi connectivity index (χ3v) is 11.2. The van der Waals surface area contributed by atoms with E-state index >= 15 is 0 Å². The van der Waals surface area contributed by atoms with Crippen molar-refractivity contribution in [1.82, 2.24) is 0 Å². The summed E-state index contributed by atoms with van der Waals surface area (Å²) in [4.78, 5) is 0. The Balaban J connectivity index is 0.000000300. The zero-order valence-electron chi connectivity index (χ0n) is 38.4. The monoisotopic (exact) mass is 765 g/mol. The van der Waals surface area contributed by atoms with E-state index in [9.17, 15) is 20.4 Å². The predicted octanol–water partition coefficient (Wildman–Crippen LogP) is 14.5. The summed E-state index contributed by atoms with van der Waals surface area (Å²) in [7, 11) is 0. The van der Waals surface area contributed by atoms with Crippen LogP contribution < -0.4 is 0 Å². The summed E-state index contributed by atoms with van der Waals surface area (Å²) in [6, 6.07) is 16.6. The van der Waals surface area contributed by atoms with Crippen LogP contribution in [-0.4, -0.2) is 20.4 Å². The zero-order chi connectivity index (χ0) is 42.9. The molecule has 0 aromatic heterocycles. The van der Waals surface area contributed by atoms with Crippen molar-refractivity contribution in [2.45, 2.75) is 184 Å². The molecule has 308 valence electrons. The fraction of sp³-hybridized carbons (Fsp3) is 0.538. The molecule has 56 heavy (non-hydrogen) atoms. The molecule has 0 saturated heterocycles. The van der Waals surface area contributed by atoms with Gasteiger partial charge in [0.15, 0.2) is 0 Å². The summed E-state index contributed by atoms with van der Waals surface area (Å²) < 4.78 is 0.